The number of amides is 1. The van der Waals surface area contributed by atoms with E-state index in [1.54, 1.807) is 5.38 Å². The van der Waals surface area contributed by atoms with Crippen molar-refractivity contribution in [1.82, 2.24) is 9.88 Å². The van der Waals surface area contributed by atoms with Gasteiger partial charge in [-0.25, -0.2) is 14.2 Å². The van der Waals surface area contributed by atoms with Crippen LogP contribution >= 0.6 is 11.3 Å². The molecule has 6 nitrogen and oxygen atoms in total. The van der Waals surface area contributed by atoms with Gasteiger partial charge in [-0.2, -0.15) is 0 Å². The number of carboxylic acids is 1. The molecular weight excluding hydrogens is 359 g/mol. The summed E-state index contributed by atoms with van der Waals surface area (Å²) < 4.78 is 19.7. The molecule has 3 rings (SSSR count). The van der Waals surface area contributed by atoms with E-state index >= 15 is 0 Å². The molecule has 1 aliphatic heterocycles. The van der Waals surface area contributed by atoms with Gasteiger partial charge in [0.2, 0.25) is 5.67 Å². The number of aliphatic carboxylic acids is 1. The van der Waals surface area contributed by atoms with Crippen LogP contribution in [0.4, 0.5) is 4.39 Å². The van der Waals surface area contributed by atoms with Crippen LogP contribution in [0.1, 0.15) is 30.8 Å². The molecule has 0 bridgehead atoms. The summed E-state index contributed by atoms with van der Waals surface area (Å²) in [5, 5.41) is 11.2. The number of nitrogens with zero attached hydrogens (tertiary/aromatic N) is 2. The molecule has 1 saturated heterocycles. The minimum atomic E-state index is -2.37. The Morgan fingerprint density at radius 1 is 1.35 bits per heavy atom. The Hall–Kier alpha value is -2.48. The van der Waals surface area contributed by atoms with Crippen LogP contribution in [0.3, 0.4) is 0 Å². The second-order valence-corrected chi connectivity index (χ2v) is 7.33. The normalized spacial score (nSPS) is 19.8. The molecule has 0 aliphatic carbocycles. The van der Waals surface area contributed by atoms with E-state index < -0.39 is 24.1 Å². The van der Waals surface area contributed by atoms with E-state index in [0.29, 0.717) is 5.01 Å². The largest absolute Gasteiger partial charge is 0.491 e. The van der Waals surface area contributed by atoms with Gasteiger partial charge in [0.15, 0.2) is 0 Å². The fourth-order valence-electron chi connectivity index (χ4n) is 2.74. The quantitative estimate of drug-likeness (QED) is 0.864. The van der Waals surface area contributed by atoms with Crippen LogP contribution in [0.5, 0.6) is 5.75 Å². The van der Waals surface area contributed by atoms with Crippen LogP contribution in [0, 0.1) is 0 Å². The number of halogens is 1. The predicted octanol–water partition coefficient (Wildman–Crippen LogP) is 3.24. The molecule has 1 aromatic carbocycles. The number of alkyl halides is 1. The van der Waals surface area contributed by atoms with Crippen molar-refractivity contribution >= 4 is 23.2 Å². The van der Waals surface area contributed by atoms with Gasteiger partial charge < -0.3 is 14.7 Å². The molecule has 138 valence electrons. The first-order valence-corrected chi connectivity index (χ1v) is 9.11. The zero-order valence-electron chi connectivity index (χ0n) is 14.4. The molecule has 8 heteroatoms. The molecule has 1 N–H and O–H groups in total. The lowest BCUT2D eigenvalue weighted by atomic mass is 10.1. The summed E-state index contributed by atoms with van der Waals surface area (Å²) in [4.78, 5) is 29.0. The first kappa shape index (κ1) is 18.3. The summed E-state index contributed by atoms with van der Waals surface area (Å²) in [6.45, 7) is 3.51. The van der Waals surface area contributed by atoms with Gasteiger partial charge in [0.1, 0.15) is 16.5 Å². The molecule has 2 aromatic rings. The fourth-order valence-corrected chi connectivity index (χ4v) is 3.54. The van der Waals surface area contributed by atoms with E-state index in [1.807, 2.05) is 38.1 Å². The lowest BCUT2D eigenvalue weighted by Crippen LogP contribution is -2.39. The Kier molecular flexibility index (Phi) is 4.95. The Bertz CT molecular complexity index is 821. The maximum Gasteiger partial charge on any atom is 0.343 e. The molecule has 0 radical (unpaired) electrons. The molecule has 0 saturated carbocycles. The molecule has 26 heavy (non-hydrogen) atoms. The van der Waals surface area contributed by atoms with Crippen LogP contribution < -0.4 is 4.74 Å². The minimum Gasteiger partial charge on any atom is -0.491 e. The second kappa shape index (κ2) is 7.03. The van der Waals surface area contributed by atoms with Gasteiger partial charge in [0.05, 0.1) is 12.6 Å². The van der Waals surface area contributed by atoms with Gasteiger partial charge in [-0.3, -0.25) is 4.79 Å². The second-order valence-electron chi connectivity index (χ2n) is 6.48. The molecule has 1 fully saturated rings. The summed E-state index contributed by atoms with van der Waals surface area (Å²) in [5.41, 5.74) is -1.33. The van der Waals surface area contributed by atoms with Gasteiger partial charge in [-0.15, -0.1) is 11.3 Å². The highest BCUT2D eigenvalue weighted by molar-refractivity contribution is 7.13. The molecule has 2 heterocycles. The number of carbonyl (C=O) groups excluding carboxylic acids is 1. The van der Waals surface area contributed by atoms with Crippen molar-refractivity contribution in [2.24, 2.45) is 0 Å². The van der Waals surface area contributed by atoms with Crippen molar-refractivity contribution < 1.29 is 23.8 Å². The highest BCUT2D eigenvalue weighted by Crippen LogP contribution is 2.29. The zero-order chi connectivity index (χ0) is 18.9. The topological polar surface area (TPSA) is 79.7 Å². The molecular formula is C18H19FN2O4S. The Morgan fingerprint density at radius 3 is 2.62 bits per heavy atom. The molecule has 1 unspecified atom stereocenters. The van der Waals surface area contributed by atoms with E-state index in [0.717, 1.165) is 11.3 Å². The van der Waals surface area contributed by atoms with Crippen molar-refractivity contribution in [2.75, 3.05) is 13.1 Å². The smallest absolute Gasteiger partial charge is 0.343 e. The number of ether oxygens (including phenoxy) is 1. The lowest BCUT2D eigenvalue weighted by molar-refractivity contribution is -0.149. The van der Waals surface area contributed by atoms with Gasteiger partial charge in [-0.1, -0.05) is 0 Å². The lowest BCUT2D eigenvalue weighted by Gasteiger charge is -2.16. The fraction of sp³-hybridized carbons (Fsp3) is 0.389. The third-order valence-corrected chi connectivity index (χ3v) is 4.98. The molecule has 1 amide bonds. The Morgan fingerprint density at radius 2 is 2.04 bits per heavy atom. The van der Waals surface area contributed by atoms with Gasteiger partial charge in [-0.05, 0) is 38.1 Å². The number of thiazole rings is 1. The van der Waals surface area contributed by atoms with E-state index in [2.05, 4.69) is 4.98 Å². The number of benzene rings is 1. The first-order chi connectivity index (χ1) is 12.3. The van der Waals surface area contributed by atoms with Crippen LogP contribution in [0.15, 0.2) is 29.6 Å². The number of likely N-dealkylation sites (tertiary alicyclic amines) is 1. The monoisotopic (exact) mass is 378 g/mol. The third kappa shape index (κ3) is 3.70. The molecule has 0 spiro atoms. The van der Waals surface area contributed by atoms with Crippen LogP contribution in [0.2, 0.25) is 0 Å². The molecule has 1 atom stereocenters. The van der Waals surface area contributed by atoms with Crippen molar-refractivity contribution in [3.8, 4) is 16.3 Å². The van der Waals surface area contributed by atoms with Crippen LogP contribution in [-0.4, -0.2) is 51.7 Å². The van der Waals surface area contributed by atoms with E-state index in [-0.39, 0.29) is 24.8 Å². The number of carboxylic acid groups (broad SMARTS) is 1. The number of carbonyl (C=O) groups is 2. The first-order valence-electron chi connectivity index (χ1n) is 8.23. The SMILES string of the molecule is CC(C)Oc1ccc(-c2nc(C(=O)N3CCC(F)(C(=O)O)C3)cs2)cc1. The van der Waals surface area contributed by atoms with Crippen molar-refractivity contribution in [1.29, 1.82) is 0 Å². The van der Waals surface area contributed by atoms with Crippen LogP contribution in [0.25, 0.3) is 10.6 Å². The highest BCUT2D eigenvalue weighted by Gasteiger charge is 2.47. The van der Waals surface area contributed by atoms with Gasteiger partial charge in [0.25, 0.3) is 5.91 Å². The van der Waals surface area contributed by atoms with Crippen LogP contribution in [-0.2, 0) is 4.79 Å². The summed E-state index contributed by atoms with van der Waals surface area (Å²) in [6, 6.07) is 7.39. The number of hydrogen-bond donors (Lipinski definition) is 1. The highest BCUT2D eigenvalue weighted by atomic mass is 32.1. The van der Waals surface area contributed by atoms with Gasteiger partial charge in [0, 0.05) is 23.9 Å². The molecule has 1 aliphatic rings. The van der Waals surface area contributed by atoms with E-state index in [1.165, 1.54) is 16.2 Å². The maximum absolute atomic E-state index is 14.1. The van der Waals surface area contributed by atoms with E-state index in [9.17, 15) is 14.0 Å². The van der Waals surface area contributed by atoms with Gasteiger partial charge >= 0.3 is 5.97 Å². The average Bonchev–Trinajstić information content (AvgIpc) is 3.22. The Balaban J connectivity index is 1.72. The minimum absolute atomic E-state index is 0.0652. The van der Waals surface area contributed by atoms with Crippen molar-refractivity contribution in [2.45, 2.75) is 32.0 Å². The number of aromatic nitrogens is 1. The predicted molar refractivity (Wildman–Crippen MR) is 95.3 cm³/mol. The van der Waals surface area contributed by atoms with Crippen molar-refractivity contribution in [3.63, 3.8) is 0 Å². The number of hydrogen-bond acceptors (Lipinski definition) is 5. The number of rotatable bonds is 5. The third-order valence-electron chi connectivity index (χ3n) is 4.09. The Labute approximate surface area is 154 Å². The summed E-state index contributed by atoms with van der Waals surface area (Å²) in [6.07, 6.45) is -0.124. The standard InChI is InChI=1S/C18H19FN2O4S/c1-11(2)25-13-5-3-12(4-6-13)15-20-14(9-26-15)16(22)21-8-7-18(19,10-21)17(23)24/h3-6,9,11H,7-8,10H2,1-2H3,(H,23,24). The molecule has 1 aromatic heterocycles. The van der Waals surface area contributed by atoms with E-state index in [4.69, 9.17) is 9.84 Å². The maximum atomic E-state index is 14.1. The zero-order valence-corrected chi connectivity index (χ0v) is 15.3. The van der Waals surface area contributed by atoms with Crippen molar-refractivity contribution in [3.05, 3.63) is 35.3 Å². The average molecular weight is 378 g/mol. The summed E-state index contributed by atoms with van der Waals surface area (Å²) in [7, 11) is 0. The summed E-state index contributed by atoms with van der Waals surface area (Å²) >= 11 is 1.31. The summed E-state index contributed by atoms with van der Waals surface area (Å²) in [5.74, 6) is -1.23.